The van der Waals surface area contributed by atoms with E-state index >= 15 is 0 Å². The van der Waals surface area contributed by atoms with Crippen LogP contribution in [0.1, 0.15) is 30.1 Å². The van der Waals surface area contributed by atoms with E-state index in [1.165, 1.54) is 17.6 Å². The molecule has 0 bridgehead atoms. The van der Waals surface area contributed by atoms with Gasteiger partial charge < -0.3 is 15.1 Å². The third kappa shape index (κ3) is 3.91. The lowest BCUT2D eigenvalue weighted by molar-refractivity contribution is -0.118. The van der Waals surface area contributed by atoms with Gasteiger partial charge in [0.05, 0.1) is 12.0 Å². The highest BCUT2D eigenvalue weighted by Gasteiger charge is 2.26. The predicted molar refractivity (Wildman–Crippen MR) is 80.3 cm³/mol. The van der Waals surface area contributed by atoms with Crippen LogP contribution in [0.15, 0.2) is 28.2 Å². The molecule has 0 aliphatic rings. The Bertz CT molecular complexity index is 619. The fourth-order valence-electron chi connectivity index (χ4n) is 1.75. The molecular weight excluding hydrogens is 290 g/mol. The molecule has 1 atom stereocenters. The minimum Gasteiger partial charge on any atom is -0.459 e. The molecular formula is C14H17N3O3S. The summed E-state index contributed by atoms with van der Waals surface area (Å²) in [6.45, 7) is 5.57. The van der Waals surface area contributed by atoms with Crippen molar-refractivity contribution < 1.29 is 14.0 Å². The van der Waals surface area contributed by atoms with E-state index in [1.807, 2.05) is 26.2 Å². The maximum atomic E-state index is 12.3. The normalized spacial score (nSPS) is 12.2. The van der Waals surface area contributed by atoms with Gasteiger partial charge in [0.2, 0.25) is 5.91 Å². The summed E-state index contributed by atoms with van der Waals surface area (Å²) in [6, 6.07) is 2.51. The third-order valence-corrected chi connectivity index (χ3v) is 3.71. The lowest BCUT2D eigenvalue weighted by Crippen LogP contribution is -2.47. The highest BCUT2D eigenvalue weighted by atomic mass is 32.1. The molecule has 21 heavy (non-hydrogen) atoms. The Morgan fingerprint density at radius 2 is 2.14 bits per heavy atom. The minimum atomic E-state index is -0.660. The Kier molecular flexibility index (Phi) is 4.74. The summed E-state index contributed by atoms with van der Waals surface area (Å²) in [5.41, 5.74) is 0.844. The van der Waals surface area contributed by atoms with E-state index < -0.39 is 11.9 Å². The fourth-order valence-corrected chi connectivity index (χ4v) is 2.44. The van der Waals surface area contributed by atoms with Gasteiger partial charge in [0.15, 0.2) is 10.9 Å². The second-order valence-electron chi connectivity index (χ2n) is 4.96. The van der Waals surface area contributed by atoms with Crippen molar-refractivity contribution in [2.75, 3.05) is 5.32 Å². The van der Waals surface area contributed by atoms with Crippen molar-refractivity contribution in [3.63, 3.8) is 0 Å². The highest BCUT2D eigenvalue weighted by molar-refractivity contribution is 7.13. The van der Waals surface area contributed by atoms with Crippen molar-refractivity contribution in [1.29, 1.82) is 0 Å². The van der Waals surface area contributed by atoms with E-state index in [2.05, 4.69) is 15.6 Å². The average molecular weight is 307 g/mol. The Balaban J connectivity index is 2.04. The molecule has 2 aromatic rings. The van der Waals surface area contributed by atoms with Gasteiger partial charge in [-0.1, -0.05) is 13.8 Å². The number of hydrogen-bond donors (Lipinski definition) is 2. The zero-order valence-corrected chi connectivity index (χ0v) is 12.9. The van der Waals surface area contributed by atoms with Gasteiger partial charge in [-0.2, -0.15) is 0 Å². The van der Waals surface area contributed by atoms with Crippen LogP contribution in [0.5, 0.6) is 0 Å². The second-order valence-corrected chi connectivity index (χ2v) is 5.81. The number of nitrogens with one attached hydrogen (secondary N) is 2. The van der Waals surface area contributed by atoms with Crippen LogP contribution >= 0.6 is 11.3 Å². The maximum Gasteiger partial charge on any atom is 0.287 e. The van der Waals surface area contributed by atoms with Gasteiger partial charge in [0, 0.05) is 5.38 Å². The molecule has 2 amide bonds. The molecule has 2 heterocycles. The van der Waals surface area contributed by atoms with E-state index in [9.17, 15) is 9.59 Å². The number of nitrogens with zero attached hydrogens (tertiary/aromatic N) is 1. The molecule has 2 N–H and O–H groups in total. The van der Waals surface area contributed by atoms with Gasteiger partial charge >= 0.3 is 0 Å². The van der Waals surface area contributed by atoms with Crippen LogP contribution in [0, 0.1) is 12.8 Å². The third-order valence-electron chi connectivity index (χ3n) is 2.83. The lowest BCUT2D eigenvalue weighted by atomic mass is 10.0. The van der Waals surface area contributed by atoms with Gasteiger partial charge in [0.25, 0.3) is 5.91 Å². The van der Waals surface area contributed by atoms with E-state index in [-0.39, 0.29) is 17.6 Å². The van der Waals surface area contributed by atoms with Gasteiger partial charge in [-0.15, -0.1) is 11.3 Å². The number of rotatable bonds is 5. The standard InChI is InChI=1S/C14H17N3O3S/c1-8(2)11(16-12(18)10-5-4-6-20-10)13(19)17-14-15-9(3)7-21-14/h4-8,11H,1-3H3,(H,16,18)(H,15,17,19). The van der Waals surface area contributed by atoms with Gasteiger partial charge in [-0.25, -0.2) is 4.98 Å². The van der Waals surface area contributed by atoms with Crippen molar-refractivity contribution >= 4 is 28.3 Å². The molecule has 0 aromatic carbocycles. The zero-order chi connectivity index (χ0) is 15.4. The van der Waals surface area contributed by atoms with E-state index in [0.29, 0.717) is 5.13 Å². The molecule has 0 aliphatic heterocycles. The summed E-state index contributed by atoms with van der Waals surface area (Å²) in [6.07, 6.45) is 1.41. The zero-order valence-electron chi connectivity index (χ0n) is 12.0. The summed E-state index contributed by atoms with van der Waals surface area (Å²) in [5.74, 6) is -0.591. The topological polar surface area (TPSA) is 84.2 Å². The molecule has 6 nitrogen and oxygen atoms in total. The molecule has 0 radical (unpaired) electrons. The smallest absolute Gasteiger partial charge is 0.287 e. The molecule has 112 valence electrons. The molecule has 1 unspecified atom stereocenters. The molecule has 0 saturated heterocycles. The lowest BCUT2D eigenvalue weighted by Gasteiger charge is -2.20. The van der Waals surface area contributed by atoms with Gasteiger partial charge in [-0.3, -0.25) is 9.59 Å². The molecule has 2 rings (SSSR count). The first kappa shape index (κ1) is 15.2. The number of thiazole rings is 1. The van der Waals surface area contributed by atoms with Crippen molar-refractivity contribution in [2.45, 2.75) is 26.8 Å². The second kappa shape index (κ2) is 6.53. The SMILES string of the molecule is Cc1csc(NC(=O)C(NC(=O)c2ccco2)C(C)C)n1. The van der Waals surface area contributed by atoms with Crippen LogP contribution < -0.4 is 10.6 Å². The van der Waals surface area contributed by atoms with Gasteiger partial charge in [0.1, 0.15) is 6.04 Å². The fraction of sp³-hybridized carbons (Fsp3) is 0.357. The number of aromatic nitrogens is 1. The van der Waals surface area contributed by atoms with Crippen LogP contribution in [0.3, 0.4) is 0 Å². The van der Waals surface area contributed by atoms with Crippen molar-refractivity contribution in [1.82, 2.24) is 10.3 Å². The quantitative estimate of drug-likeness (QED) is 0.888. The van der Waals surface area contributed by atoms with E-state index in [4.69, 9.17) is 4.42 Å². The first-order valence-corrected chi connectivity index (χ1v) is 7.42. The summed E-state index contributed by atoms with van der Waals surface area (Å²) >= 11 is 1.35. The number of furan rings is 1. The van der Waals surface area contributed by atoms with E-state index in [1.54, 1.807) is 12.1 Å². The number of amides is 2. The van der Waals surface area contributed by atoms with Crippen LogP contribution in [-0.4, -0.2) is 22.8 Å². The monoisotopic (exact) mass is 307 g/mol. The predicted octanol–water partition coefficient (Wildman–Crippen LogP) is 2.44. The molecule has 2 aromatic heterocycles. The number of aryl methyl sites for hydroxylation is 1. The Labute approximate surface area is 126 Å². The van der Waals surface area contributed by atoms with Crippen molar-refractivity contribution in [3.05, 3.63) is 35.2 Å². The number of anilines is 1. The summed E-state index contributed by atoms with van der Waals surface area (Å²) < 4.78 is 5.02. The highest BCUT2D eigenvalue weighted by Crippen LogP contribution is 2.16. The number of hydrogen-bond acceptors (Lipinski definition) is 5. The number of carbonyl (C=O) groups excluding carboxylic acids is 2. The molecule has 0 spiro atoms. The Morgan fingerprint density at radius 3 is 2.67 bits per heavy atom. The Morgan fingerprint density at radius 1 is 1.38 bits per heavy atom. The summed E-state index contributed by atoms with van der Waals surface area (Å²) in [4.78, 5) is 28.4. The van der Waals surface area contributed by atoms with Crippen LogP contribution in [0.25, 0.3) is 0 Å². The molecule has 0 saturated carbocycles. The average Bonchev–Trinajstić information content (AvgIpc) is 3.06. The molecule has 7 heteroatoms. The van der Waals surface area contributed by atoms with Gasteiger partial charge in [-0.05, 0) is 25.0 Å². The van der Waals surface area contributed by atoms with Crippen molar-refractivity contribution in [3.8, 4) is 0 Å². The molecule has 0 aliphatic carbocycles. The largest absolute Gasteiger partial charge is 0.459 e. The van der Waals surface area contributed by atoms with Crippen LogP contribution in [0.2, 0.25) is 0 Å². The Hall–Kier alpha value is -2.15. The first-order valence-electron chi connectivity index (χ1n) is 6.54. The first-order chi connectivity index (χ1) is 9.97. The summed E-state index contributed by atoms with van der Waals surface area (Å²) in [7, 11) is 0. The van der Waals surface area contributed by atoms with Crippen LogP contribution in [-0.2, 0) is 4.79 Å². The number of carbonyl (C=O) groups is 2. The minimum absolute atomic E-state index is 0.0648. The van der Waals surface area contributed by atoms with E-state index in [0.717, 1.165) is 5.69 Å². The maximum absolute atomic E-state index is 12.3. The van der Waals surface area contributed by atoms with Crippen LogP contribution in [0.4, 0.5) is 5.13 Å². The van der Waals surface area contributed by atoms with Crippen molar-refractivity contribution in [2.24, 2.45) is 5.92 Å². The molecule has 0 fully saturated rings. The summed E-state index contributed by atoms with van der Waals surface area (Å²) in [5, 5.41) is 7.77.